The standard InChI is InChI=1S/C27H26BrN7O/c1-3-8-20-17-35(25-19(4-2)9-7-12-23(25)28)27(36)34(20)16-18-13-14-24(29-15-18)21-10-5-6-11-22(21)26-30-32-33-31-26/h5-7,9-15,17H,3-4,8,16H2,1-2H3,(H,30,31,32,33). The fourth-order valence-corrected chi connectivity index (χ4v) is 5.06. The molecule has 0 aliphatic rings. The SMILES string of the molecule is CCCc1cn(-c2c(Br)cccc2CC)c(=O)n1Cc1ccc(-c2ccccc2-c2nn[nH]n2)nc1. The molecule has 8 nitrogen and oxygen atoms in total. The molecular weight excluding hydrogens is 518 g/mol. The molecule has 1 N–H and O–H groups in total. The van der Waals surface area contributed by atoms with Crippen LogP contribution < -0.4 is 5.69 Å². The van der Waals surface area contributed by atoms with E-state index in [9.17, 15) is 4.79 Å². The monoisotopic (exact) mass is 543 g/mol. The third kappa shape index (κ3) is 4.54. The summed E-state index contributed by atoms with van der Waals surface area (Å²) in [7, 11) is 0. The van der Waals surface area contributed by atoms with Gasteiger partial charge in [0.15, 0.2) is 0 Å². The van der Waals surface area contributed by atoms with Gasteiger partial charge in [-0.15, -0.1) is 10.2 Å². The highest BCUT2D eigenvalue weighted by Gasteiger charge is 2.17. The van der Waals surface area contributed by atoms with Crippen LogP contribution in [0.2, 0.25) is 0 Å². The van der Waals surface area contributed by atoms with Gasteiger partial charge in [0.1, 0.15) is 0 Å². The van der Waals surface area contributed by atoms with E-state index in [1.165, 1.54) is 0 Å². The van der Waals surface area contributed by atoms with Gasteiger partial charge in [-0.1, -0.05) is 62.7 Å². The second-order valence-corrected chi connectivity index (χ2v) is 9.40. The van der Waals surface area contributed by atoms with Gasteiger partial charge in [0.25, 0.3) is 0 Å². The Bertz CT molecular complexity index is 1540. The van der Waals surface area contributed by atoms with Gasteiger partial charge in [-0.2, -0.15) is 5.21 Å². The Kier molecular flexibility index (Phi) is 6.90. The highest BCUT2D eigenvalue weighted by atomic mass is 79.9. The molecule has 9 heteroatoms. The molecular formula is C27H26BrN7O. The maximum atomic E-state index is 13.6. The van der Waals surface area contributed by atoms with Crippen LogP contribution in [-0.2, 0) is 19.4 Å². The van der Waals surface area contributed by atoms with Crippen molar-refractivity contribution in [3.05, 3.63) is 98.8 Å². The lowest BCUT2D eigenvalue weighted by molar-refractivity contribution is 0.689. The summed E-state index contributed by atoms with van der Waals surface area (Å²) in [4.78, 5) is 18.3. The summed E-state index contributed by atoms with van der Waals surface area (Å²) in [5.74, 6) is 0.520. The molecule has 0 saturated carbocycles. The molecule has 182 valence electrons. The Morgan fingerprint density at radius 1 is 1.00 bits per heavy atom. The predicted molar refractivity (Wildman–Crippen MR) is 143 cm³/mol. The van der Waals surface area contributed by atoms with Gasteiger partial charge >= 0.3 is 5.69 Å². The van der Waals surface area contributed by atoms with Crippen molar-refractivity contribution in [3.63, 3.8) is 0 Å². The van der Waals surface area contributed by atoms with E-state index in [1.807, 2.05) is 65.5 Å². The van der Waals surface area contributed by atoms with Crippen LogP contribution in [0, 0.1) is 0 Å². The van der Waals surface area contributed by atoms with Crippen molar-refractivity contribution in [1.82, 2.24) is 34.7 Å². The maximum absolute atomic E-state index is 13.6. The topological polar surface area (TPSA) is 94.3 Å². The number of benzene rings is 2. The predicted octanol–water partition coefficient (Wildman–Crippen LogP) is 5.21. The minimum absolute atomic E-state index is 0.0495. The number of pyridine rings is 1. The molecule has 0 unspecified atom stereocenters. The van der Waals surface area contributed by atoms with Crippen molar-refractivity contribution in [2.75, 3.05) is 0 Å². The number of aromatic amines is 1. The van der Waals surface area contributed by atoms with Gasteiger partial charge in [-0.3, -0.25) is 14.1 Å². The molecule has 2 aromatic carbocycles. The summed E-state index contributed by atoms with van der Waals surface area (Å²) < 4.78 is 4.54. The van der Waals surface area contributed by atoms with E-state index in [-0.39, 0.29) is 5.69 Å². The van der Waals surface area contributed by atoms with Gasteiger partial charge in [-0.05, 0) is 57.2 Å². The number of imidazole rings is 1. The van der Waals surface area contributed by atoms with Gasteiger partial charge in [-0.25, -0.2) is 4.79 Å². The van der Waals surface area contributed by atoms with Crippen molar-refractivity contribution in [2.24, 2.45) is 0 Å². The smallest absolute Gasteiger partial charge is 0.292 e. The molecule has 0 radical (unpaired) electrons. The van der Waals surface area contributed by atoms with Crippen LogP contribution in [0.25, 0.3) is 28.3 Å². The highest BCUT2D eigenvalue weighted by Crippen LogP contribution is 2.29. The van der Waals surface area contributed by atoms with Crippen LogP contribution in [0.5, 0.6) is 0 Å². The zero-order chi connectivity index (χ0) is 25.1. The van der Waals surface area contributed by atoms with E-state index in [1.54, 1.807) is 4.57 Å². The molecule has 0 spiro atoms. The van der Waals surface area contributed by atoms with Crippen LogP contribution in [-0.4, -0.2) is 34.7 Å². The second-order valence-electron chi connectivity index (χ2n) is 8.54. The molecule has 0 saturated heterocycles. The lowest BCUT2D eigenvalue weighted by Gasteiger charge is -2.10. The van der Waals surface area contributed by atoms with Crippen LogP contribution in [0.15, 0.2) is 76.3 Å². The van der Waals surface area contributed by atoms with Crippen molar-refractivity contribution in [2.45, 2.75) is 39.7 Å². The first kappa shape index (κ1) is 23.9. The number of nitrogens with zero attached hydrogens (tertiary/aromatic N) is 6. The molecule has 36 heavy (non-hydrogen) atoms. The second kappa shape index (κ2) is 10.4. The Morgan fingerprint density at radius 3 is 2.53 bits per heavy atom. The average molecular weight is 544 g/mol. The first-order valence-electron chi connectivity index (χ1n) is 12.0. The lowest BCUT2D eigenvalue weighted by Crippen LogP contribution is -2.25. The number of aryl methyl sites for hydroxylation is 2. The zero-order valence-electron chi connectivity index (χ0n) is 20.1. The Labute approximate surface area is 217 Å². The maximum Gasteiger partial charge on any atom is 0.333 e. The molecule has 0 fully saturated rings. The zero-order valence-corrected chi connectivity index (χ0v) is 21.7. The van der Waals surface area contributed by atoms with Gasteiger partial charge < -0.3 is 0 Å². The fraction of sp³-hybridized carbons (Fsp3) is 0.222. The largest absolute Gasteiger partial charge is 0.333 e. The number of hydrogen-bond acceptors (Lipinski definition) is 5. The molecule has 5 aromatic rings. The van der Waals surface area contributed by atoms with E-state index in [0.717, 1.165) is 63.1 Å². The molecule has 3 heterocycles. The van der Waals surface area contributed by atoms with Gasteiger partial charge in [0.2, 0.25) is 5.82 Å². The van der Waals surface area contributed by atoms with E-state index in [2.05, 4.69) is 56.5 Å². The van der Waals surface area contributed by atoms with Crippen LogP contribution >= 0.6 is 15.9 Å². The summed E-state index contributed by atoms with van der Waals surface area (Å²) in [6.45, 7) is 4.68. The van der Waals surface area contributed by atoms with E-state index < -0.39 is 0 Å². The molecule has 0 bridgehead atoms. The molecule has 3 aromatic heterocycles. The number of halogens is 1. The van der Waals surface area contributed by atoms with Gasteiger partial charge in [0.05, 0.1) is 17.9 Å². The van der Waals surface area contributed by atoms with E-state index >= 15 is 0 Å². The number of H-pyrrole nitrogens is 1. The fourth-order valence-electron chi connectivity index (χ4n) is 4.46. The third-order valence-corrected chi connectivity index (χ3v) is 6.85. The first-order valence-corrected chi connectivity index (χ1v) is 12.8. The van der Waals surface area contributed by atoms with Crippen molar-refractivity contribution >= 4 is 15.9 Å². The highest BCUT2D eigenvalue weighted by molar-refractivity contribution is 9.10. The summed E-state index contributed by atoms with van der Waals surface area (Å²) >= 11 is 3.65. The minimum Gasteiger partial charge on any atom is -0.292 e. The molecule has 0 atom stereocenters. The number of nitrogens with one attached hydrogen (secondary N) is 1. The third-order valence-electron chi connectivity index (χ3n) is 6.21. The summed E-state index contributed by atoms with van der Waals surface area (Å²) in [6.07, 6.45) is 6.42. The summed E-state index contributed by atoms with van der Waals surface area (Å²) in [5.41, 5.74) is 6.52. The van der Waals surface area contributed by atoms with E-state index in [0.29, 0.717) is 12.4 Å². The summed E-state index contributed by atoms with van der Waals surface area (Å²) in [5, 5.41) is 14.4. The number of tetrazole rings is 1. The van der Waals surface area contributed by atoms with Crippen molar-refractivity contribution < 1.29 is 0 Å². The quantitative estimate of drug-likeness (QED) is 0.290. The Hall–Kier alpha value is -3.85. The average Bonchev–Trinajstić information content (AvgIpc) is 3.54. The number of rotatable bonds is 8. The summed E-state index contributed by atoms with van der Waals surface area (Å²) in [6, 6.07) is 17.9. The first-order chi connectivity index (χ1) is 17.6. The van der Waals surface area contributed by atoms with Crippen LogP contribution in [0.1, 0.15) is 37.1 Å². The normalized spacial score (nSPS) is 11.2. The lowest BCUT2D eigenvalue weighted by atomic mass is 10.0. The molecule has 0 aliphatic carbocycles. The van der Waals surface area contributed by atoms with E-state index in [4.69, 9.17) is 4.98 Å². The number of aromatic nitrogens is 7. The Balaban J connectivity index is 1.50. The molecule has 0 aliphatic heterocycles. The van der Waals surface area contributed by atoms with Crippen molar-refractivity contribution in [1.29, 1.82) is 0 Å². The minimum atomic E-state index is -0.0495. The number of hydrogen-bond donors (Lipinski definition) is 1. The van der Waals surface area contributed by atoms with Gasteiger partial charge in [0, 0.05) is 33.7 Å². The molecule has 5 rings (SSSR count). The van der Waals surface area contributed by atoms with Crippen LogP contribution in [0.3, 0.4) is 0 Å². The van der Waals surface area contributed by atoms with Crippen molar-refractivity contribution in [3.8, 4) is 28.3 Å². The van der Waals surface area contributed by atoms with Crippen LogP contribution in [0.4, 0.5) is 0 Å². The molecule has 0 amide bonds. The number of para-hydroxylation sites is 1. The Morgan fingerprint density at radius 2 is 1.83 bits per heavy atom.